The summed E-state index contributed by atoms with van der Waals surface area (Å²) in [5, 5.41) is 0. The number of nitrogens with zero attached hydrogens (tertiary/aromatic N) is 1. The van der Waals surface area contributed by atoms with Crippen molar-refractivity contribution in [2.75, 3.05) is 6.61 Å². The third-order valence-corrected chi connectivity index (χ3v) is 1.03. The fourth-order valence-electron chi connectivity index (χ4n) is 0.608. The minimum absolute atomic E-state index is 0.536. The van der Waals surface area contributed by atoms with Crippen molar-refractivity contribution in [1.29, 1.82) is 0 Å². The average molecular weight is 136 g/mol. The summed E-state index contributed by atoms with van der Waals surface area (Å²) in [6.45, 7) is 4.07. The molecule has 0 saturated carbocycles. The lowest BCUT2D eigenvalue weighted by Crippen LogP contribution is -2.41. The quantitative estimate of drug-likeness (QED) is 0.438. The first-order valence-electron chi connectivity index (χ1n) is 3.14. The Morgan fingerprint density at radius 1 is 1.30 bits per heavy atom. The topological polar surface area (TPSA) is 13.1 Å². The SMILES string of the molecule is C=CCO[n+]1ccccc1. The molecule has 1 aromatic heterocycles. The maximum Gasteiger partial charge on any atom is 0.222 e. The van der Waals surface area contributed by atoms with Crippen LogP contribution in [0.25, 0.3) is 0 Å². The van der Waals surface area contributed by atoms with Gasteiger partial charge in [-0.05, 0) is 6.08 Å². The zero-order valence-electron chi connectivity index (χ0n) is 5.73. The molecule has 0 aliphatic rings. The summed E-state index contributed by atoms with van der Waals surface area (Å²) in [5.41, 5.74) is 0. The molecule has 0 aliphatic carbocycles. The van der Waals surface area contributed by atoms with Crippen LogP contribution in [0.1, 0.15) is 0 Å². The third kappa shape index (κ3) is 1.90. The van der Waals surface area contributed by atoms with E-state index in [-0.39, 0.29) is 0 Å². The molecule has 0 atom stereocenters. The van der Waals surface area contributed by atoms with Gasteiger partial charge >= 0.3 is 0 Å². The van der Waals surface area contributed by atoms with Gasteiger partial charge in [-0.2, -0.15) is 0 Å². The summed E-state index contributed by atoms with van der Waals surface area (Å²) in [6, 6.07) is 5.75. The molecule has 1 aromatic rings. The van der Waals surface area contributed by atoms with Crippen LogP contribution in [-0.2, 0) is 0 Å². The molecule has 2 heteroatoms. The van der Waals surface area contributed by atoms with Crippen LogP contribution in [0.4, 0.5) is 0 Å². The van der Waals surface area contributed by atoms with Gasteiger partial charge in [0.1, 0.15) is 0 Å². The van der Waals surface area contributed by atoms with Crippen molar-refractivity contribution in [3.8, 4) is 0 Å². The summed E-state index contributed by atoms with van der Waals surface area (Å²) in [4.78, 5) is 5.15. The monoisotopic (exact) mass is 136 g/mol. The largest absolute Gasteiger partial charge is 0.267 e. The van der Waals surface area contributed by atoms with Crippen molar-refractivity contribution in [1.82, 2.24) is 0 Å². The van der Waals surface area contributed by atoms with E-state index in [1.165, 1.54) is 0 Å². The lowest BCUT2D eigenvalue weighted by atomic mass is 10.5. The first-order valence-corrected chi connectivity index (χ1v) is 3.14. The van der Waals surface area contributed by atoms with Crippen LogP contribution in [-0.4, -0.2) is 6.61 Å². The highest BCUT2D eigenvalue weighted by atomic mass is 16.7. The molecular weight excluding hydrogens is 126 g/mol. The Hall–Kier alpha value is -1.31. The normalized spacial score (nSPS) is 8.80. The molecule has 0 radical (unpaired) electrons. The molecule has 0 aromatic carbocycles. The third-order valence-electron chi connectivity index (χ3n) is 1.03. The highest BCUT2D eigenvalue weighted by molar-refractivity contribution is 4.83. The molecule has 1 rings (SSSR count). The van der Waals surface area contributed by atoms with E-state index in [9.17, 15) is 0 Å². The lowest BCUT2D eigenvalue weighted by Gasteiger charge is -1.90. The molecule has 0 N–H and O–H groups in total. The van der Waals surface area contributed by atoms with Crippen LogP contribution in [0, 0.1) is 0 Å². The molecule has 0 saturated heterocycles. The number of hydrogen-bond acceptors (Lipinski definition) is 1. The summed E-state index contributed by atoms with van der Waals surface area (Å²) < 4.78 is 1.64. The molecule has 0 unspecified atom stereocenters. The Morgan fingerprint density at radius 2 is 2.00 bits per heavy atom. The minimum atomic E-state index is 0.536. The molecule has 1 heterocycles. The van der Waals surface area contributed by atoms with Gasteiger partial charge in [-0.25, -0.2) is 0 Å². The molecule has 0 spiro atoms. The maximum absolute atomic E-state index is 5.15. The van der Waals surface area contributed by atoms with Gasteiger partial charge in [0, 0.05) is 16.9 Å². The predicted molar refractivity (Wildman–Crippen MR) is 38.3 cm³/mol. The average Bonchev–Trinajstić information content (AvgIpc) is 2.03. The van der Waals surface area contributed by atoms with Crippen LogP contribution in [0.15, 0.2) is 43.2 Å². The van der Waals surface area contributed by atoms with Gasteiger partial charge < -0.3 is 0 Å². The highest BCUT2D eigenvalue weighted by Gasteiger charge is 1.92. The summed E-state index contributed by atoms with van der Waals surface area (Å²) >= 11 is 0. The Balaban J connectivity index is 2.50. The molecule has 10 heavy (non-hydrogen) atoms. The van der Waals surface area contributed by atoms with Crippen molar-refractivity contribution in [2.45, 2.75) is 0 Å². The van der Waals surface area contributed by atoms with E-state index in [2.05, 4.69) is 6.58 Å². The first-order chi connectivity index (χ1) is 4.93. The van der Waals surface area contributed by atoms with Crippen molar-refractivity contribution in [3.63, 3.8) is 0 Å². The Morgan fingerprint density at radius 3 is 2.60 bits per heavy atom. The maximum atomic E-state index is 5.15. The number of pyridine rings is 1. The lowest BCUT2D eigenvalue weighted by molar-refractivity contribution is -0.889. The predicted octanol–water partition coefficient (Wildman–Crippen LogP) is 0.589. The van der Waals surface area contributed by atoms with Gasteiger partial charge in [0.05, 0.1) is 0 Å². The van der Waals surface area contributed by atoms with E-state index in [1.807, 2.05) is 30.6 Å². The van der Waals surface area contributed by atoms with Crippen molar-refractivity contribution >= 4 is 0 Å². The van der Waals surface area contributed by atoms with Crippen LogP contribution in [0.5, 0.6) is 0 Å². The first kappa shape index (κ1) is 6.81. The van der Waals surface area contributed by atoms with E-state index >= 15 is 0 Å². The molecule has 2 nitrogen and oxygen atoms in total. The standard InChI is InChI=1S/C8H10NO/c1-2-8-10-9-6-4-3-5-7-9/h2-7H,1,8H2/q+1. The van der Waals surface area contributed by atoms with Crippen molar-refractivity contribution < 1.29 is 9.57 Å². The van der Waals surface area contributed by atoms with Gasteiger partial charge in [-0.15, -0.1) is 0 Å². The minimum Gasteiger partial charge on any atom is -0.267 e. The van der Waals surface area contributed by atoms with Gasteiger partial charge in [0.25, 0.3) is 0 Å². The second-order valence-electron chi connectivity index (χ2n) is 1.82. The smallest absolute Gasteiger partial charge is 0.222 e. The Labute approximate surface area is 60.3 Å². The van der Waals surface area contributed by atoms with Crippen LogP contribution in [0.3, 0.4) is 0 Å². The summed E-state index contributed by atoms with van der Waals surface area (Å²) in [6.07, 6.45) is 5.38. The second-order valence-corrected chi connectivity index (χ2v) is 1.82. The molecule has 0 aliphatic heterocycles. The highest BCUT2D eigenvalue weighted by Crippen LogP contribution is 1.73. The van der Waals surface area contributed by atoms with Gasteiger partial charge in [0.15, 0.2) is 6.61 Å². The van der Waals surface area contributed by atoms with E-state index in [1.54, 1.807) is 10.8 Å². The van der Waals surface area contributed by atoms with Crippen molar-refractivity contribution in [3.05, 3.63) is 43.2 Å². The number of aromatic nitrogens is 1. The Kier molecular flexibility index (Phi) is 2.49. The number of hydrogen-bond donors (Lipinski definition) is 0. The molecule has 0 fully saturated rings. The Bertz CT molecular complexity index is 196. The molecule has 0 bridgehead atoms. The van der Waals surface area contributed by atoms with E-state index in [0.29, 0.717) is 6.61 Å². The van der Waals surface area contributed by atoms with Crippen LogP contribution < -0.4 is 9.57 Å². The van der Waals surface area contributed by atoms with E-state index < -0.39 is 0 Å². The molecule has 52 valence electrons. The number of rotatable bonds is 3. The summed E-state index contributed by atoms with van der Waals surface area (Å²) in [7, 11) is 0. The van der Waals surface area contributed by atoms with E-state index in [4.69, 9.17) is 4.84 Å². The fraction of sp³-hybridized carbons (Fsp3) is 0.125. The van der Waals surface area contributed by atoms with Crippen molar-refractivity contribution in [2.24, 2.45) is 0 Å². The van der Waals surface area contributed by atoms with Crippen LogP contribution in [0.2, 0.25) is 0 Å². The van der Waals surface area contributed by atoms with Crippen LogP contribution >= 0.6 is 0 Å². The van der Waals surface area contributed by atoms with Gasteiger partial charge in [-0.3, -0.25) is 4.84 Å². The molecule has 0 amide bonds. The second kappa shape index (κ2) is 3.67. The zero-order chi connectivity index (χ0) is 7.23. The molecular formula is C8H10NO+. The van der Waals surface area contributed by atoms with E-state index in [0.717, 1.165) is 0 Å². The van der Waals surface area contributed by atoms with Gasteiger partial charge in [-0.1, -0.05) is 12.6 Å². The summed E-state index contributed by atoms with van der Waals surface area (Å²) in [5.74, 6) is 0. The zero-order valence-corrected chi connectivity index (χ0v) is 5.73. The van der Waals surface area contributed by atoms with Gasteiger partial charge in [0.2, 0.25) is 12.4 Å². The fourth-order valence-corrected chi connectivity index (χ4v) is 0.608.